The van der Waals surface area contributed by atoms with Crippen molar-refractivity contribution in [2.75, 3.05) is 0 Å². The van der Waals surface area contributed by atoms with Crippen molar-refractivity contribution in [3.05, 3.63) is 35.4 Å². The molecule has 2 N–H and O–H groups in total. The molecule has 0 saturated heterocycles. The first-order valence-electron chi connectivity index (χ1n) is 6.48. The Morgan fingerprint density at radius 3 is 2.39 bits per heavy atom. The van der Waals surface area contributed by atoms with E-state index >= 15 is 0 Å². The van der Waals surface area contributed by atoms with E-state index in [-0.39, 0.29) is 6.04 Å². The molecule has 0 amide bonds. The van der Waals surface area contributed by atoms with Crippen LogP contribution in [0.5, 0.6) is 0 Å². The van der Waals surface area contributed by atoms with Gasteiger partial charge < -0.3 is 5.11 Å². The Balaban J connectivity index is 3.00. The quantitative estimate of drug-likeness (QED) is 0.814. The zero-order chi connectivity index (χ0) is 13.8. The number of benzene rings is 1. The topological polar surface area (TPSA) is 49.3 Å². The first-order valence-corrected chi connectivity index (χ1v) is 6.48. The Kier molecular flexibility index (Phi) is 4.91. The molecule has 2 unspecified atom stereocenters. The van der Waals surface area contributed by atoms with Crippen molar-refractivity contribution in [3.63, 3.8) is 0 Å². The molecule has 0 aliphatic carbocycles. The molecule has 3 nitrogen and oxygen atoms in total. The van der Waals surface area contributed by atoms with Gasteiger partial charge >= 0.3 is 5.97 Å². The number of nitrogens with one attached hydrogen (secondary N) is 1. The van der Waals surface area contributed by atoms with Gasteiger partial charge in [-0.3, -0.25) is 5.32 Å². The summed E-state index contributed by atoms with van der Waals surface area (Å²) < 4.78 is 0. The number of hydrogen-bond acceptors (Lipinski definition) is 2. The lowest BCUT2D eigenvalue weighted by Gasteiger charge is -2.30. The predicted molar refractivity (Wildman–Crippen MR) is 73.7 cm³/mol. The molecule has 1 rings (SSSR count). The van der Waals surface area contributed by atoms with Crippen LogP contribution in [0.25, 0.3) is 0 Å². The highest BCUT2D eigenvalue weighted by atomic mass is 16.4. The summed E-state index contributed by atoms with van der Waals surface area (Å²) in [6.45, 7) is 7.85. The first-order chi connectivity index (χ1) is 8.40. The summed E-state index contributed by atoms with van der Waals surface area (Å²) in [4.78, 5) is 11.6. The molecule has 1 aromatic carbocycles. The van der Waals surface area contributed by atoms with Crippen molar-refractivity contribution in [1.29, 1.82) is 0 Å². The maximum absolute atomic E-state index is 11.6. The highest BCUT2D eigenvalue weighted by Crippen LogP contribution is 2.23. The van der Waals surface area contributed by atoms with E-state index in [9.17, 15) is 9.90 Å². The van der Waals surface area contributed by atoms with Crippen LogP contribution in [0.15, 0.2) is 24.3 Å². The molecule has 0 spiro atoms. The predicted octanol–water partition coefficient (Wildman–Crippen LogP) is 3.07. The molecule has 0 fully saturated rings. The summed E-state index contributed by atoms with van der Waals surface area (Å²) in [5.41, 5.74) is 0.902. The van der Waals surface area contributed by atoms with Crippen LogP contribution in [0, 0.1) is 6.92 Å². The lowest BCUT2D eigenvalue weighted by atomic mass is 9.90. The Bertz CT molecular complexity index is 399. The van der Waals surface area contributed by atoms with Gasteiger partial charge in [-0.15, -0.1) is 0 Å². The number of rotatable bonds is 6. The first kappa shape index (κ1) is 14.7. The van der Waals surface area contributed by atoms with Gasteiger partial charge in [-0.05, 0) is 32.8 Å². The normalized spacial score (nSPS) is 16.0. The molecule has 0 bridgehead atoms. The highest BCUT2D eigenvalue weighted by molar-refractivity contribution is 5.80. The second-order valence-corrected chi connectivity index (χ2v) is 5.13. The van der Waals surface area contributed by atoms with Gasteiger partial charge in [0.2, 0.25) is 0 Å². The summed E-state index contributed by atoms with van der Waals surface area (Å²) in [6, 6.07) is 7.84. The van der Waals surface area contributed by atoms with E-state index in [1.807, 2.05) is 38.1 Å². The van der Waals surface area contributed by atoms with Crippen molar-refractivity contribution in [2.24, 2.45) is 0 Å². The van der Waals surface area contributed by atoms with Gasteiger partial charge in [-0.1, -0.05) is 43.2 Å². The van der Waals surface area contributed by atoms with Gasteiger partial charge in [-0.25, -0.2) is 4.79 Å². The SMILES string of the molecule is CCCC(C)NC(C)(C(=O)O)c1ccc(C)cc1. The second-order valence-electron chi connectivity index (χ2n) is 5.13. The van der Waals surface area contributed by atoms with E-state index in [4.69, 9.17) is 0 Å². The third-order valence-corrected chi connectivity index (χ3v) is 3.31. The van der Waals surface area contributed by atoms with E-state index in [0.717, 1.165) is 24.0 Å². The molecule has 0 saturated carbocycles. The lowest BCUT2D eigenvalue weighted by molar-refractivity contribution is -0.145. The average molecular weight is 249 g/mol. The summed E-state index contributed by atoms with van der Waals surface area (Å²) in [6.07, 6.45) is 2.01. The Labute approximate surface area is 109 Å². The van der Waals surface area contributed by atoms with Crippen molar-refractivity contribution >= 4 is 5.97 Å². The molecule has 0 radical (unpaired) electrons. The molecule has 0 aliphatic heterocycles. The molecule has 3 heteroatoms. The standard InChI is InChI=1S/C15H23NO2/c1-5-6-12(3)16-15(4,14(17)18)13-9-7-11(2)8-10-13/h7-10,12,16H,5-6H2,1-4H3,(H,17,18). The summed E-state index contributed by atoms with van der Waals surface area (Å²) >= 11 is 0. The fourth-order valence-electron chi connectivity index (χ4n) is 2.15. The van der Waals surface area contributed by atoms with Gasteiger partial charge in [0.05, 0.1) is 0 Å². The van der Waals surface area contributed by atoms with Crippen LogP contribution < -0.4 is 5.32 Å². The van der Waals surface area contributed by atoms with Gasteiger partial charge in [0.15, 0.2) is 0 Å². The van der Waals surface area contributed by atoms with E-state index in [2.05, 4.69) is 12.2 Å². The number of aliphatic carboxylic acids is 1. The third-order valence-electron chi connectivity index (χ3n) is 3.31. The summed E-state index contributed by atoms with van der Waals surface area (Å²) in [5.74, 6) is -0.839. The number of carboxylic acids is 1. The lowest BCUT2D eigenvalue weighted by Crippen LogP contribution is -2.50. The Morgan fingerprint density at radius 1 is 1.39 bits per heavy atom. The van der Waals surface area contributed by atoms with Crippen LogP contribution in [-0.4, -0.2) is 17.1 Å². The average Bonchev–Trinajstić information content (AvgIpc) is 2.29. The minimum absolute atomic E-state index is 0.178. The molecule has 2 atom stereocenters. The van der Waals surface area contributed by atoms with E-state index in [0.29, 0.717) is 0 Å². The molecule has 0 aromatic heterocycles. The minimum atomic E-state index is -1.03. The maximum Gasteiger partial charge on any atom is 0.328 e. The Hall–Kier alpha value is -1.35. The van der Waals surface area contributed by atoms with Crippen LogP contribution in [0.2, 0.25) is 0 Å². The molecule has 1 aromatic rings. The van der Waals surface area contributed by atoms with Crippen LogP contribution in [-0.2, 0) is 10.3 Å². The number of aryl methyl sites for hydroxylation is 1. The smallest absolute Gasteiger partial charge is 0.328 e. The maximum atomic E-state index is 11.6. The van der Waals surface area contributed by atoms with Crippen molar-refractivity contribution in [1.82, 2.24) is 5.32 Å². The fraction of sp³-hybridized carbons (Fsp3) is 0.533. The molecule has 18 heavy (non-hydrogen) atoms. The third kappa shape index (κ3) is 3.33. The van der Waals surface area contributed by atoms with E-state index in [1.54, 1.807) is 6.92 Å². The summed E-state index contributed by atoms with van der Waals surface area (Å²) in [5, 5.41) is 12.7. The van der Waals surface area contributed by atoms with Gasteiger partial charge in [0, 0.05) is 6.04 Å². The molecular weight excluding hydrogens is 226 g/mol. The second kappa shape index (κ2) is 6.01. The van der Waals surface area contributed by atoms with Crippen molar-refractivity contribution in [2.45, 2.75) is 52.1 Å². The minimum Gasteiger partial charge on any atom is -0.480 e. The van der Waals surface area contributed by atoms with Crippen molar-refractivity contribution < 1.29 is 9.90 Å². The monoisotopic (exact) mass is 249 g/mol. The van der Waals surface area contributed by atoms with Crippen LogP contribution in [0.4, 0.5) is 0 Å². The zero-order valence-corrected chi connectivity index (χ0v) is 11.7. The van der Waals surface area contributed by atoms with Crippen molar-refractivity contribution in [3.8, 4) is 0 Å². The molecular formula is C15H23NO2. The van der Waals surface area contributed by atoms with Gasteiger partial charge in [-0.2, -0.15) is 0 Å². The van der Waals surface area contributed by atoms with Crippen LogP contribution in [0.1, 0.15) is 44.7 Å². The number of carbonyl (C=O) groups is 1. The van der Waals surface area contributed by atoms with E-state index < -0.39 is 11.5 Å². The number of carboxylic acid groups (broad SMARTS) is 1. The highest BCUT2D eigenvalue weighted by Gasteiger charge is 2.35. The van der Waals surface area contributed by atoms with Gasteiger partial charge in [0.25, 0.3) is 0 Å². The Morgan fingerprint density at radius 2 is 1.94 bits per heavy atom. The molecule has 100 valence electrons. The summed E-state index contributed by atoms with van der Waals surface area (Å²) in [7, 11) is 0. The van der Waals surface area contributed by atoms with E-state index in [1.165, 1.54) is 0 Å². The zero-order valence-electron chi connectivity index (χ0n) is 11.7. The van der Waals surface area contributed by atoms with Gasteiger partial charge in [0.1, 0.15) is 5.54 Å². The largest absolute Gasteiger partial charge is 0.480 e. The fourth-order valence-corrected chi connectivity index (χ4v) is 2.15. The molecule has 0 heterocycles. The number of hydrogen-bond donors (Lipinski definition) is 2. The van der Waals surface area contributed by atoms with Crippen LogP contribution >= 0.6 is 0 Å². The van der Waals surface area contributed by atoms with Crippen LogP contribution in [0.3, 0.4) is 0 Å². The molecule has 0 aliphatic rings.